The number of halogens is 3. The van der Waals surface area contributed by atoms with Gasteiger partial charge in [0.15, 0.2) is 0 Å². The van der Waals surface area contributed by atoms with Gasteiger partial charge in [0.05, 0.1) is 35.6 Å². The van der Waals surface area contributed by atoms with Crippen LogP contribution in [0, 0.1) is 0 Å². The van der Waals surface area contributed by atoms with Crippen molar-refractivity contribution >= 4 is 44.6 Å². The molecule has 0 fully saturated rings. The van der Waals surface area contributed by atoms with Gasteiger partial charge in [-0.1, -0.05) is 0 Å². The number of rotatable bonds is 5. The van der Waals surface area contributed by atoms with E-state index in [2.05, 4.69) is 11.9 Å². The van der Waals surface area contributed by atoms with E-state index >= 15 is 0 Å². The zero-order valence-electron chi connectivity index (χ0n) is 4.97. The summed E-state index contributed by atoms with van der Waals surface area (Å²) in [4.78, 5) is 0. The highest BCUT2D eigenvalue weighted by molar-refractivity contribution is 6.65. The van der Waals surface area contributed by atoms with Gasteiger partial charge in [0.25, 0.3) is 0 Å². The summed E-state index contributed by atoms with van der Waals surface area (Å²) < 4.78 is 17.2. The summed E-state index contributed by atoms with van der Waals surface area (Å²) in [5, 5.41) is 0. The predicted octanol–water partition coefficient (Wildman–Crippen LogP) is 1.97. The highest BCUT2D eigenvalue weighted by Gasteiger charge is 2.47. The van der Waals surface area contributed by atoms with Crippen molar-refractivity contribution in [2.24, 2.45) is 0 Å². The van der Waals surface area contributed by atoms with Crippen LogP contribution in [0.2, 0.25) is 0 Å². The Labute approximate surface area is 74.9 Å². The first-order valence-electron chi connectivity index (χ1n) is 2.28. The molecule has 0 N–H and O–H groups in total. The first kappa shape index (κ1) is 10.9. The Morgan fingerprint density at radius 3 is 1.60 bits per heavy atom. The fourth-order valence-electron chi connectivity index (χ4n) is 0.279. The van der Waals surface area contributed by atoms with Crippen LogP contribution in [0.25, 0.3) is 0 Å². The van der Waals surface area contributed by atoms with E-state index in [0.717, 1.165) is 0 Å². The molecule has 10 heavy (non-hydrogen) atoms. The van der Waals surface area contributed by atoms with Gasteiger partial charge in [0, 0.05) is 6.61 Å². The molecule has 0 aliphatic carbocycles. The second kappa shape index (κ2) is 5.56. The number of hydrogen-bond acceptors (Lipinski definition) is 4. The normalized spacial score (nSPS) is 12.0. The van der Waals surface area contributed by atoms with E-state index in [0.29, 0.717) is 0 Å². The molecule has 0 spiro atoms. The molecule has 8 heteroatoms. The lowest BCUT2D eigenvalue weighted by Crippen LogP contribution is -2.42. The van der Waals surface area contributed by atoms with Crippen molar-refractivity contribution in [3.8, 4) is 0 Å². The van der Waals surface area contributed by atoms with Crippen molar-refractivity contribution in [2.45, 2.75) is 6.92 Å². The molecule has 0 radical (unpaired) electrons. The molecule has 0 aliphatic heterocycles. The van der Waals surface area contributed by atoms with E-state index in [9.17, 15) is 0 Å². The molecule has 0 bridgehead atoms. The van der Waals surface area contributed by atoms with Crippen molar-refractivity contribution in [1.29, 1.82) is 0 Å². The molecular formula is C2H5Cl3O4Si. The van der Waals surface area contributed by atoms with E-state index < -0.39 is 9.05 Å². The maximum atomic E-state index is 4.92. The van der Waals surface area contributed by atoms with Gasteiger partial charge in [0.2, 0.25) is 0 Å². The van der Waals surface area contributed by atoms with E-state index in [1.165, 1.54) is 0 Å². The Hall–Kier alpha value is 0.927. The first-order chi connectivity index (χ1) is 4.74. The Balaban J connectivity index is 3.87. The summed E-state index contributed by atoms with van der Waals surface area (Å²) >= 11 is 14.8. The Morgan fingerprint density at radius 2 is 1.50 bits per heavy atom. The second-order valence-electron chi connectivity index (χ2n) is 1.16. The Bertz CT molecular complexity index is 80.3. The summed E-state index contributed by atoms with van der Waals surface area (Å²) in [6.07, 6.45) is 0. The lowest BCUT2D eigenvalue weighted by molar-refractivity contribution is 0.111. The third-order valence-corrected chi connectivity index (χ3v) is 3.51. The van der Waals surface area contributed by atoms with Crippen LogP contribution < -0.4 is 0 Å². The summed E-state index contributed by atoms with van der Waals surface area (Å²) in [6.45, 7) is 1.96. The van der Waals surface area contributed by atoms with Crippen LogP contribution in [0.5, 0.6) is 0 Å². The summed E-state index contributed by atoms with van der Waals surface area (Å²) in [6, 6.07) is 0. The van der Waals surface area contributed by atoms with Gasteiger partial charge in [-0.25, -0.2) is 11.9 Å². The largest absolute Gasteiger partial charge is 0.730 e. The van der Waals surface area contributed by atoms with E-state index in [1.807, 2.05) is 0 Å². The first-order valence-corrected chi connectivity index (χ1v) is 4.83. The molecule has 0 amide bonds. The zero-order chi connectivity index (χ0) is 8.04. The molecule has 0 atom stereocenters. The Morgan fingerprint density at radius 1 is 1.10 bits per heavy atom. The quantitative estimate of drug-likeness (QED) is 0.673. The minimum atomic E-state index is -3.42. The maximum Gasteiger partial charge on any atom is 0.730 e. The monoisotopic (exact) mass is 226 g/mol. The van der Waals surface area contributed by atoms with E-state index in [-0.39, 0.29) is 6.61 Å². The van der Waals surface area contributed by atoms with E-state index in [4.69, 9.17) is 40.0 Å². The summed E-state index contributed by atoms with van der Waals surface area (Å²) in [5.74, 6) is 0. The molecule has 0 unspecified atom stereocenters. The van der Waals surface area contributed by atoms with Crippen LogP contribution in [-0.2, 0) is 16.4 Å². The molecule has 0 aliphatic rings. The zero-order valence-corrected chi connectivity index (χ0v) is 8.24. The second-order valence-corrected chi connectivity index (χ2v) is 4.30. The minimum Gasteiger partial charge on any atom is -0.349 e. The summed E-state index contributed by atoms with van der Waals surface area (Å²) in [7, 11) is -3.42. The summed E-state index contributed by atoms with van der Waals surface area (Å²) in [5.41, 5.74) is 0. The molecule has 0 aromatic carbocycles. The highest BCUT2D eigenvalue weighted by atomic mass is 35.5. The molecule has 0 aromatic rings. The van der Waals surface area contributed by atoms with Crippen molar-refractivity contribution in [3.05, 3.63) is 0 Å². The third kappa shape index (κ3) is 2.89. The van der Waals surface area contributed by atoms with Gasteiger partial charge in [-0.05, 0) is 6.92 Å². The fourth-order valence-corrected chi connectivity index (χ4v) is 2.10. The Kier molecular flexibility index (Phi) is 6.08. The predicted molar refractivity (Wildman–Crippen MR) is 38.2 cm³/mol. The van der Waals surface area contributed by atoms with Gasteiger partial charge >= 0.3 is 9.05 Å². The molecule has 0 saturated heterocycles. The topological polar surface area (TPSA) is 36.9 Å². The molecule has 62 valence electrons. The average molecular weight is 228 g/mol. The molecule has 0 rings (SSSR count). The average Bonchev–Trinajstić information content (AvgIpc) is 2.01. The molecule has 0 saturated carbocycles. The van der Waals surface area contributed by atoms with Crippen molar-refractivity contribution in [1.82, 2.24) is 0 Å². The lowest BCUT2D eigenvalue weighted by Gasteiger charge is -2.15. The minimum absolute atomic E-state index is 0.276. The van der Waals surface area contributed by atoms with Gasteiger partial charge < -0.3 is 4.43 Å². The van der Waals surface area contributed by atoms with E-state index in [1.54, 1.807) is 6.92 Å². The molecule has 0 heterocycles. The smallest absolute Gasteiger partial charge is 0.349 e. The van der Waals surface area contributed by atoms with Crippen LogP contribution in [0.4, 0.5) is 0 Å². The lowest BCUT2D eigenvalue weighted by atomic mass is 10.9. The van der Waals surface area contributed by atoms with Crippen molar-refractivity contribution in [3.63, 3.8) is 0 Å². The highest BCUT2D eigenvalue weighted by Crippen LogP contribution is 2.16. The standard InChI is InChI=1S/C2H5Cl3O4Si/c1-2-6-10(7-3,8-4)9-5/h2H2,1H3. The third-order valence-electron chi connectivity index (χ3n) is 0.605. The van der Waals surface area contributed by atoms with Crippen LogP contribution in [0.1, 0.15) is 6.92 Å². The van der Waals surface area contributed by atoms with Gasteiger partial charge in [-0.15, -0.1) is 0 Å². The van der Waals surface area contributed by atoms with Crippen LogP contribution >= 0.6 is 35.6 Å². The fraction of sp³-hybridized carbons (Fsp3) is 1.00. The van der Waals surface area contributed by atoms with Crippen molar-refractivity contribution < 1.29 is 16.4 Å². The van der Waals surface area contributed by atoms with Crippen LogP contribution in [0.3, 0.4) is 0 Å². The molecular weight excluding hydrogens is 222 g/mol. The number of hydrogen-bond donors (Lipinski definition) is 0. The van der Waals surface area contributed by atoms with Crippen LogP contribution in [-0.4, -0.2) is 15.7 Å². The van der Waals surface area contributed by atoms with Crippen molar-refractivity contribution in [2.75, 3.05) is 6.61 Å². The molecule has 4 nitrogen and oxygen atoms in total. The maximum absolute atomic E-state index is 4.92. The van der Waals surface area contributed by atoms with Gasteiger partial charge in [-0.2, -0.15) is 0 Å². The van der Waals surface area contributed by atoms with Crippen LogP contribution in [0.15, 0.2) is 0 Å². The molecule has 0 aromatic heterocycles. The SMILES string of the molecule is CCO[Si](OCl)(OCl)OCl. The van der Waals surface area contributed by atoms with Gasteiger partial charge in [-0.3, -0.25) is 0 Å². The van der Waals surface area contributed by atoms with Gasteiger partial charge in [0.1, 0.15) is 0 Å².